The molecule has 4 aromatic carbocycles. The Hall–Kier alpha value is -2.83. The largest absolute Gasteiger partial charge is 0.0837 e. The molecule has 0 spiro atoms. The highest BCUT2D eigenvalue weighted by atomic mass is 35.5. The van der Waals surface area contributed by atoms with E-state index in [9.17, 15) is 0 Å². The molecule has 124 valence electrons. The fourth-order valence-electron chi connectivity index (χ4n) is 4.05. The second-order valence-electron chi connectivity index (χ2n) is 6.69. The van der Waals surface area contributed by atoms with Gasteiger partial charge in [-0.25, -0.2) is 0 Å². The van der Waals surface area contributed by atoms with Crippen LogP contribution in [0.3, 0.4) is 0 Å². The Morgan fingerprint density at radius 3 is 2.00 bits per heavy atom. The smallest absolute Gasteiger partial charge is 0.0484 e. The first-order valence-electron chi connectivity index (χ1n) is 8.87. The lowest BCUT2D eigenvalue weighted by molar-refractivity contribution is 1.26. The lowest BCUT2D eigenvalue weighted by Gasteiger charge is -2.16. The van der Waals surface area contributed by atoms with Crippen molar-refractivity contribution in [3.8, 4) is 33.4 Å². The van der Waals surface area contributed by atoms with Crippen molar-refractivity contribution in [2.24, 2.45) is 0 Å². The molecule has 0 N–H and O–H groups in total. The predicted octanol–water partition coefficient (Wildman–Crippen LogP) is 7.25. The van der Waals surface area contributed by atoms with Crippen LogP contribution in [0.4, 0.5) is 0 Å². The first-order valence-corrected chi connectivity index (χ1v) is 9.25. The minimum absolute atomic E-state index is 0.792. The number of hydrogen-bond donors (Lipinski definition) is 0. The topological polar surface area (TPSA) is 0 Å². The van der Waals surface area contributed by atoms with E-state index < -0.39 is 0 Å². The highest BCUT2D eigenvalue weighted by Gasteiger charge is 2.24. The minimum Gasteiger partial charge on any atom is -0.0837 e. The third-order valence-electron chi connectivity index (χ3n) is 5.21. The van der Waals surface area contributed by atoms with Gasteiger partial charge in [0.05, 0.1) is 0 Å². The molecule has 0 amide bonds. The zero-order valence-electron chi connectivity index (χ0n) is 14.2. The molecule has 0 saturated carbocycles. The quantitative estimate of drug-likeness (QED) is 0.314. The molecular weight excluding hydrogens is 336 g/mol. The maximum absolute atomic E-state index is 6.56. The zero-order valence-corrected chi connectivity index (χ0v) is 15.0. The summed E-state index contributed by atoms with van der Waals surface area (Å²) in [4.78, 5) is 0. The molecule has 1 heteroatoms. The molecular formula is C25H17Cl. The Morgan fingerprint density at radius 2 is 1.19 bits per heavy atom. The molecule has 4 aromatic rings. The maximum Gasteiger partial charge on any atom is 0.0484 e. The van der Waals surface area contributed by atoms with Gasteiger partial charge < -0.3 is 0 Å². The van der Waals surface area contributed by atoms with Crippen molar-refractivity contribution in [1.29, 1.82) is 0 Å². The highest BCUT2D eigenvalue weighted by molar-refractivity contribution is 6.33. The summed E-state index contributed by atoms with van der Waals surface area (Å²) in [7, 11) is 0. The van der Waals surface area contributed by atoms with Crippen molar-refractivity contribution in [1.82, 2.24) is 0 Å². The van der Waals surface area contributed by atoms with E-state index in [1.165, 1.54) is 38.9 Å². The van der Waals surface area contributed by atoms with Crippen LogP contribution in [0.5, 0.6) is 0 Å². The average Bonchev–Trinajstić information content (AvgIpc) is 3.07. The van der Waals surface area contributed by atoms with Crippen LogP contribution in [-0.4, -0.2) is 0 Å². The Morgan fingerprint density at radius 1 is 0.538 bits per heavy atom. The summed E-state index contributed by atoms with van der Waals surface area (Å²) in [6, 6.07) is 32.0. The first kappa shape index (κ1) is 15.4. The Kier molecular flexibility index (Phi) is 3.65. The lowest BCUT2D eigenvalue weighted by Crippen LogP contribution is -1.93. The summed E-state index contributed by atoms with van der Waals surface area (Å²) in [5.74, 6) is 0. The van der Waals surface area contributed by atoms with Crippen molar-refractivity contribution in [3.05, 3.63) is 107 Å². The maximum atomic E-state index is 6.56. The van der Waals surface area contributed by atoms with Crippen LogP contribution in [0.25, 0.3) is 33.4 Å². The molecule has 0 heterocycles. The summed E-state index contributed by atoms with van der Waals surface area (Å²) in [6.45, 7) is 0. The number of hydrogen-bond acceptors (Lipinski definition) is 0. The van der Waals surface area contributed by atoms with Gasteiger partial charge in [-0.05, 0) is 51.4 Å². The molecule has 0 nitrogen and oxygen atoms in total. The van der Waals surface area contributed by atoms with Crippen molar-refractivity contribution < 1.29 is 0 Å². The monoisotopic (exact) mass is 352 g/mol. The number of benzene rings is 4. The molecule has 26 heavy (non-hydrogen) atoms. The third-order valence-corrected chi connectivity index (χ3v) is 5.54. The van der Waals surface area contributed by atoms with Crippen LogP contribution in [0.1, 0.15) is 11.1 Å². The summed E-state index contributed by atoms with van der Waals surface area (Å²) >= 11 is 6.56. The van der Waals surface area contributed by atoms with Crippen LogP contribution in [0, 0.1) is 0 Å². The van der Waals surface area contributed by atoms with E-state index in [1.807, 2.05) is 12.1 Å². The molecule has 5 rings (SSSR count). The lowest BCUT2D eigenvalue weighted by atomic mass is 9.88. The van der Waals surface area contributed by atoms with Crippen LogP contribution in [0.2, 0.25) is 5.02 Å². The molecule has 0 aliphatic heterocycles. The summed E-state index contributed by atoms with van der Waals surface area (Å²) in [5, 5.41) is 0.792. The second kappa shape index (κ2) is 6.16. The molecule has 1 aliphatic rings. The van der Waals surface area contributed by atoms with E-state index in [4.69, 9.17) is 11.6 Å². The molecule has 1 aliphatic carbocycles. The summed E-state index contributed by atoms with van der Waals surface area (Å²) in [5.41, 5.74) is 10.3. The van der Waals surface area contributed by atoms with E-state index in [1.54, 1.807) is 0 Å². The molecule has 0 aromatic heterocycles. The van der Waals surface area contributed by atoms with Crippen molar-refractivity contribution in [2.45, 2.75) is 6.42 Å². The van der Waals surface area contributed by atoms with Crippen molar-refractivity contribution in [2.75, 3.05) is 0 Å². The molecule has 0 fully saturated rings. The van der Waals surface area contributed by atoms with Gasteiger partial charge in [0.15, 0.2) is 0 Å². The number of rotatable bonds is 2. The molecule has 0 saturated heterocycles. The molecule has 0 atom stereocenters. The van der Waals surface area contributed by atoms with Gasteiger partial charge in [-0.1, -0.05) is 96.5 Å². The number of halogens is 1. The predicted molar refractivity (Wildman–Crippen MR) is 111 cm³/mol. The van der Waals surface area contributed by atoms with Crippen molar-refractivity contribution in [3.63, 3.8) is 0 Å². The second-order valence-corrected chi connectivity index (χ2v) is 7.10. The molecule has 0 bridgehead atoms. The van der Waals surface area contributed by atoms with E-state index in [0.29, 0.717) is 0 Å². The normalized spacial score (nSPS) is 11.9. The van der Waals surface area contributed by atoms with Gasteiger partial charge >= 0.3 is 0 Å². The van der Waals surface area contributed by atoms with Crippen LogP contribution >= 0.6 is 11.6 Å². The van der Waals surface area contributed by atoms with Gasteiger partial charge in [-0.3, -0.25) is 0 Å². The fourth-order valence-corrected chi connectivity index (χ4v) is 4.29. The van der Waals surface area contributed by atoms with Crippen LogP contribution in [-0.2, 0) is 6.42 Å². The van der Waals surface area contributed by atoms with Crippen molar-refractivity contribution >= 4 is 11.6 Å². The van der Waals surface area contributed by atoms with Crippen LogP contribution < -0.4 is 0 Å². The first-order chi connectivity index (χ1) is 12.8. The van der Waals surface area contributed by atoms with E-state index in [2.05, 4.69) is 78.9 Å². The fraction of sp³-hybridized carbons (Fsp3) is 0.0400. The van der Waals surface area contributed by atoms with E-state index >= 15 is 0 Å². The summed E-state index contributed by atoms with van der Waals surface area (Å²) < 4.78 is 0. The summed E-state index contributed by atoms with van der Waals surface area (Å²) in [6.07, 6.45) is 0.966. The minimum atomic E-state index is 0.792. The van der Waals surface area contributed by atoms with Gasteiger partial charge in [0, 0.05) is 10.6 Å². The van der Waals surface area contributed by atoms with E-state index in [0.717, 1.165) is 17.0 Å². The Labute approximate surface area is 158 Å². The zero-order chi connectivity index (χ0) is 17.5. The molecule has 0 radical (unpaired) electrons. The standard InChI is InChI=1S/C25H17Cl/c26-24-13-7-6-12-21(24)22-15-14-20-19-11-5-4-10-18(19)16-23(20)25(22)17-8-2-1-3-9-17/h1-15H,16H2. The van der Waals surface area contributed by atoms with Gasteiger partial charge in [0.1, 0.15) is 0 Å². The van der Waals surface area contributed by atoms with Gasteiger partial charge in [0.25, 0.3) is 0 Å². The Balaban J connectivity index is 1.83. The van der Waals surface area contributed by atoms with Gasteiger partial charge in [-0.2, -0.15) is 0 Å². The average molecular weight is 353 g/mol. The molecule has 0 unspecified atom stereocenters. The van der Waals surface area contributed by atoms with Crippen LogP contribution in [0.15, 0.2) is 91.0 Å². The Bertz CT molecular complexity index is 1110. The number of fused-ring (bicyclic) bond motifs is 3. The SMILES string of the molecule is Clc1ccccc1-c1ccc2c(c1-c1ccccc1)Cc1ccccc1-2. The van der Waals surface area contributed by atoms with Gasteiger partial charge in [0.2, 0.25) is 0 Å². The highest BCUT2D eigenvalue weighted by Crippen LogP contribution is 2.46. The van der Waals surface area contributed by atoms with E-state index in [-0.39, 0.29) is 0 Å². The van der Waals surface area contributed by atoms with Gasteiger partial charge in [-0.15, -0.1) is 0 Å². The third kappa shape index (κ3) is 2.38.